The van der Waals surface area contributed by atoms with Crippen molar-refractivity contribution in [2.24, 2.45) is 0 Å². The number of hydrogen-bond donors (Lipinski definition) is 0. The molecule has 1 amide bonds. The number of piperidine rings is 1. The van der Waals surface area contributed by atoms with E-state index in [0.29, 0.717) is 11.5 Å². The minimum atomic E-state index is 0.0546. The fraction of sp³-hybridized carbons (Fsp3) is 0.333. The van der Waals surface area contributed by atoms with Gasteiger partial charge in [0.2, 0.25) is 0 Å². The number of aromatic nitrogens is 3. The predicted molar refractivity (Wildman–Crippen MR) is 101 cm³/mol. The molecule has 3 aromatic rings. The Hall–Kier alpha value is -3.02. The van der Waals surface area contributed by atoms with Crippen LogP contribution in [0.2, 0.25) is 0 Å². The van der Waals surface area contributed by atoms with E-state index in [1.807, 2.05) is 37.1 Å². The molecule has 6 heteroatoms. The molecule has 0 aliphatic carbocycles. The van der Waals surface area contributed by atoms with Crippen molar-refractivity contribution >= 4 is 5.91 Å². The first kappa shape index (κ1) is 17.4. The number of rotatable bonds is 3. The molecule has 0 saturated carbocycles. The summed E-state index contributed by atoms with van der Waals surface area (Å²) < 4.78 is 5.30. The van der Waals surface area contributed by atoms with Crippen molar-refractivity contribution in [3.05, 3.63) is 65.6 Å². The summed E-state index contributed by atoms with van der Waals surface area (Å²) in [7, 11) is 0. The number of amides is 1. The topological polar surface area (TPSA) is 72.1 Å². The fourth-order valence-corrected chi connectivity index (χ4v) is 3.77. The highest BCUT2D eigenvalue weighted by atomic mass is 16.5. The molecule has 1 aliphatic rings. The summed E-state index contributed by atoms with van der Waals surface area (Å²) in [5, 5.41) is 4.05. The van der Waals surface area contributed by atoms with Crippen LogP contribution < -0.4 is 0 Å². The molecule has 0 radical (unpaired) electrons. The maximum absolute atomic E-state index is 12.6. The summed E-state index contributed by atoms with van der Waals surface area (Å²) in [5.74, 6) is 1.23. The lowest BCUT2D eigenvalue weighted by atomic mass is 9.91. The van der Waals surface area contributed by atoms with Gasteiger partial charge < -0.3 is 9.42 Å². The molecule has 3 aromatic heterocycles. The first-order chi connectivity index (χ1) is 13.1. The predicted octanol–water partition coefficient (Wildman–Crippen LogP) is 3.77. The summed E-state index contributed by atoms with van der Waals surface area (Å²) in [6, 6.07) is 7.74. The van der Waals surface area contributed by atoms with E-state index >= 15 is 0 Å². The molecule has 1 fully saturated rings. The molecule has 4 heterocycles. The van der Waals surface area contributed by atoms with Gasteiger partial charge in [0.05, 0.1) is 11.3 Å². The second-order valence-electron chi connectivity index (χ2n) is 6.98. The Balaban J connectivity index is 1.47. The van der Waals surface area contributed by atoms with Crippen molar-refractivity contribution in [1.82, 2.24) is 20.0 Å². The van der Waals surface area contributed by atoms with Crippen LogP contribution in [-0.4, -0.2) is 39.0 Å². The molecule has 0 aromatic carbocycles. The third-order valence-corrected chi connectivity index (χ3v) is 5.21. The third-order valence-electron chi connectivity index (χ3n) is 5.21. The average Bonchev–Trinajstić information content (AvgIpc) is 3.06. The quantitative estimate of drug-likeness (QED) is 0.709. The zero-order valence-corrected chi connectivity index (χ0v) is 15.6. The van der Waals surface area contributed by atoms with E-state index in [1.165, 1.54) is 0 Å². The van der Waals surface area contributed by atoms with Crippen molar-refractivity contribution in [2.45, 2.75) is 32.6 Å². The highest BCUT2D eigenvalue weighted by Crippen LogP contribution is 2.32. The van der Waals surface area contributed by atoms with Crippen molar-refractivity contribution in [3.63, 3.8) is 0 Å². The normalized spacial score (nSPS) is 15.1. The van der Waals surface area contributed by atoms with Crippen molar-refractivity contribution < 1.29 is 9.32 Å². The van der Waals surface area contributed by atoms with Gasteiger partial charge in [0, 0.05) is 48.9 Å². The molecule has 1 saturated heterocycles. The Labute approximate surface area is 158 Å². The van der Waals surface area contributed by atoms with Gasteiger partial charge in [-0.1, -0.05) is 5.16 Å². The van der Waals surface area contributed by atoms with Crippen LogP contribution in [0.1, 0.15) is 46.3 Å². The van der Waals surface area contributed by atoms with Gasteiger partial charge in [0.25, 0.3) is 5.91 Å². The Kier molecular flexibility index (Phi) is 4.71. The third kappa shape index (κ3) is 3.47. The van der Waals surface area contributed by atoms with Crippen LogP contribution in [0.15, 0.2) is 47.4 Å². The SMILES string of the molecule is Cc1noc(C)c1-c1ccnc(C2CCN(C(=O)c3cccnc3)CC2)c1. The zero-order valence-electron chi connectivity index (χ0n) is 15.6. The first-order valence-corrected chi connectivity index (χ1v) is 9.22. The maximum Gasteiger partial charge on any atom is 0.255 e. The molecule has 0 atom stereocenters. The molecule has 0 bridgehead atoms. The number of carbonyl (C=O) groups excluding carboxylic acids is 1. The van der Waals surface area contributed by atoms with Gasteiger partial charge in [-0.05, 0) is 56.5 Å². The Morgan fingerprint density at radius 1 is 1.19 bits per heavy atom. The van der Waals surface area contributed by atoms with Gasteiger partial charge in [0.15, 0.2) is 0 Å². The van der Waals surface area contributed by atoms with E-state index in [1.54, 1.807) is 18.5 Å². The van der Waals surface area contributed by atoms with Crippen LogP contribution in [0, 0.1) is 13.8 Å². The minimum absolute atomic E-state index is 0.0546. The lowest BCUT2D eigenvalue weighted by Crippen LogP contribution is -2.38. The van der Waals surface area contributed by atoms with Gasteiger partial charge in [-0.25, -0.2) is 0 Å². The molecule has 138 valence electrons. The largest absolute Gasteiger partial charge is 0.361 e. The van der Waals surface area contributed by atoms with E-state index in [9.17, 15) is 4.79 Å². The minimum Gasteiger partial charge on any atom is -0.361 e. The Bertz CT molecular complexity index is 924. The number of nitrogens with zero attached hydrogens (tertiary/aromatic N) is 4. The van der Waals surface area contributed by atoms with Crippen molar-refractivity contribution in [2.75, 3.05) is 13.1 Å². The molecule has 0 unspecified atom stereocenters. The van der Waals surface area contributed by atoms with Crippen LogP contribution in [0.3, 0.4) is 0 Å². The second-order valence-corrected chi connectivity index (χ2v) is 6.98. The van der Waals surface area contributed by atoms with E-state index < -0.39 is 0 Å². The lowest BCUT2D eigenvalue weighted by molar-refractivity contribution is 0.0711. The second kappa shape index (κ2) is 7.31. The number of carbonyl (C=O) groups is 1. The molecule has 0 spiro atoms. The fourth-order valence-electron chi connectivity index (χ4n) is 3.77. The monoisotopic (exact) mass is 362 g/mol. The molecular weight excluding hydrogens is 340 g/mol. The van der Waals surface area contributed by atoms with Gasteiger partial charge in [0.1, 0.15) is 5.76 Å². The van der Waals surface area contributed by atoms with E-state index in [-0.39, 0.29) is 5.91 Å². The number of hydrogen-bond acceptors (Lipinski definition) is 5. The number of likely N-dealkylation sites (tertiary alicyclic amines) is 1. The van der Waals surface area contributed by atoms with Gasteiger partial charge in [-0.15, -0.1) is 0 Å². The van der Waals surface area contributed by atoms with Gasteiger partial charge >= 0.3 is 0 Å². The molecular formula is C21H22N4O2. The van der Waals surface area contributed by atoms with E-state index in [2.05, 4.69) is 21.2 Å². The van der Waals surface area contributed by atoms with Gasteiger partial charge in [-0.2, -0.15) is 0 Å². The van der Waals surface area contributed by atoms with E-state index in [4.69, 9.17) is 4.52 Å². The zero-order chi connectivity index (χ0) is 18.8. The van der Waals surface area contributed by atoms with Crippen LogP contribution in [0.4, 0.5) is 0 Å². The molecule has 4 rings (SSSR count). The van der Waals surface area contributed by atoms with Crippen LogP contribution in [-0.2, 0) is 0 Å². The summed E-state index contributed by atoms with van der Waals surface area (Å²) in [6.45, 7) is 5.34. The average molecular weight is 362 g/mol. The van der Waals surface area contributed by atoms with Crippen molar-refractivity contribution in [3.8, 4) is 11.1 Å². The summed E-state index contributed by atoms with van der Waals surface area (Å²) in [5.41, 5.74) is 4.74. The highest BCUT2D eigenvalue weighted by molar-refractivity contribution is 5.93. The van der Waals surface area contributed by atoms with Gasteiger partial charge in [-0.3, -0.25) is 14.8 Å². The summed E-state index contributed by atoms with van der Waals surface area (Å²) >= 11 is 0. The van der Waals surface area contributed by atoms with Crippen LogP contribution >= 0.6 is 0 Å². The smallest absolute Gasteiger partial charge is 0.255 e. The molecule has 1 aliphatic heterocycles. The van der Waals surface area contributed by atoms with Crippen molar-refractivity contribution in [1.29, 1.82) is 0 Å². The molecule has 6 nitrogen and oxygen atoms in total. The van der Waals surface area contributed by atoms with Crippen LogP contribution in [0.25, 0.3) is 11.1 Å². The molecule has 27 heavy (non-hydrogen) atoms. The highest BCUT2D eigenvalue weighted by Gasteiger charge is 2.26. The number of pyridine rings is 2. The number of aryl methyl sites for hydroxylation is 2. The summed E-state index contributed by atoms with van der Waals surface area (Å²) in [6.07, 6.45) is 6.97. The summed E-state index contributed by atoms with van der Waals surface area (Å²) in [4.78, 5) is 23.1. The standard InChI is InChI=1S/C21H22N4O2/c1-14-20(15(2)27-24-14)17-5-9-23-19(12-17)16-6-10-25(11-7-16)21(26)18-4-3-8-22-13-18/h3-5,8-9,12-13,16H,6-7,10-11H2,1-2H3. The lowest BCUT2D eigenvalue weighted by Gasteiger charge is -2.31. The Morgan fingerprint density at radius 2 is 2.00 bits per heavy atom. The maximum atomic E-state index is 12.6. The van der Waals surface area contributed by atoms with Crippen LogP contribution in [0.5, 0.6) is 0 Å². The molecule has 0 N–H and O–H groups in total. The first-order valence-electron chi connectivity index (χ1n) is 9.22. The Morgan fingerprint density at radius 3 is 2.67 bits per heavy atom. The van der Waals surface area contributed by atoms with E-state index in [0.717, 1.165) is 54.2 Å².